The predicted molar refractivity (Wildman–Crippen MR) is 76.5 cm³/mol. The molecule has 0 heterocycles. The zero-order chi connectivity index (χ0) is 13.8. The fourth-order valence-electron chi connectivity index (χ4n) is 1.45. The van der Waals surface area contributed by atoms with Gasteiger partial charge < -0.3 is 0 Å². The molecule has 92 valence electrons. The average Bonchev–Trinajstić information content (AvgIpc) is 2.43. The first-order valence-corrected chi connectivity index (χ1v) is 6.78. The summed E-state index contributed by atoms with van der Waals surface area (Å²) in [6, 6.07) is 14.4. The lowest BCUT2D eigenvalue weighted by atomic mass is 10.1. The van der Waals surface area contributed by atoms with E-state index in [0.717, 1.165) is 9.79 Å². The van der Waals surface area contributed by atoms with E-state index in [-0.39, 0.29) is 5.56 Å². The Balaban J connectivity index is 2.39. The summed E-state index contributed by atoms with van der Waals surface area (Å²) in [6.07, 6.45) is 0. The van der Waals surface area contributed by atoms with Crippen LogP contribution < -0.4 is 0 Å². The van der Waals surface area contributed by atoms with Crippen LogP contribution in [0.2, 0.25) is 10.0 Å². The number of halogens is 2. The fourth-order valence-corrected chi connectivity index (χ4v) is 2.71. The van der Waals surface area contributed by atoms with E-state index in [9.17, 15) is 0 Å². The van der Waals surface area contributed by atoms with Crippen molar-refractivity contribution in [2.75, 3.05) is 0 Å². The Kier molecular flexibility index (Phi) is 4.35. The first kappa shape index (κ1) is 13.8. The summed E-state index contributed by atoms with van der Waals surface area (Å²) in [5.41, 5.74) is 0.608. The first-order chi connectivity index (χ1) is 9.13. The van der Waals surface area contributed by atoms with E-state index >= 15 is 0 Å². The molecule has 5 heteroatoms. The Hall–Kier alpha value is -1.65. The molecular formula is C14H6Cl2N2S. The summed E-state index contributed by atoms with van der Waals surface area (Å²) in [4.78, 5) is 1.69. The van der Waals surface area contributed by atoms with Gasteiger partial charge in [0.25, 0.3) is 0 Å². The maximum Gasteiger partial charge on any atom is 0.101 e. The molecular weight excluding hydrogens is 299 g/mol. The standard InChI is InChI=1S/C14H6Cl2N2S/c15-11-1-3-12(4-2-11)19-14-6-10(8-18)9(7-17)5-13(14)16/h1-6H. The van der Waals surface area contributed by atoms with Gasteiger partial charge in [-0.25, -0.2) is 0 Å². The number of rotatable bonds is 2. The second kappa shape index (κ2) is 5.99. The van der Waals surface area contributed by atoms with Crippen LogP contribution in [0.3, 0.4) is 0 Å². The molecule has 0 unspecified atom stereocenters. The quantitative estimate of drug-likeness (QED) is 0.793. The molecule has 0 atom stereocenters. The van der Waals surface area contributed by atoms with Gasteiger partial charge in [0.05, 0.1) is 16.1 Å². The Labute approximate surface area is 125 Å². The summed E-state index contributed by atoms with van der Waals surface area (Å²) in [7, 11) is 0. The van der Waals surface area contributed by atoms with Crippen molar-refractivity contribution in [1.29, 1.82) is 10.5 Å². The molecule has 0 N–H and O–H groups in total. The zero-order valence-electron chi connectivity index (χ0n) is 9.52. The van der Waals surface area contributed by atoms with Crippen molar-refractivity contribution in [3.8, 4) is 12.1 Å². The van der Waals surface area contributed by atoms with Crippen molar-refractivity contribution in [3.05, 3.63) is 57.6 Å². The van der Waals surface area contributed by atoms with Crippen LogP contribution in [-0.2, 0) is 0 Å². The molecule has 0 aliphatic rings. The van der Waals surface area contributed by atoms with Gasteiger partial charge in [-0.3, -0.25) is 0 Å². The molecule has 2 aromatic carbocycles. The van der Waals surface area contributed by atoms with Crippen LogP contribution in [0.4, 0.5) is 0 Å². The molecule has 2 rings (SSSR count). The molecule has 0 amide bonds. The summed E-state index contributed by atoms with van der Waals surface area (Å²) >= 11 is 13.4. The second-order valence-electron chi connectivity index (χ2n) is 3.61. The number of benzene rings is 2. The monoisotopic (exact) mass is 304 g/mol. The molecule has 2 aromatic rings. The highest BCUT2D eigenvalue weighted by atomic mass is 35.5. The van der Waals surface area contributed by atoms with E-state index in [1.54, 1.807) is 18.2 Å². The van der Waals surface area contributed by atoms with Crippen LogP contribution in [0, 0.1) is 22.7 Å². The lowest BCUT2D eigenvalue weighted by molar-refractivity contribution is 1.35. The largest absolute Gasteiger partial charge is 0.192 e. The van der Waals surface area contributed by atoms with Gasteiger partial charge in [0, 0.05) is 14.8 Å². The highest BCUT2D eigenvalue weighted by Crippen LogP contribution is 2.35. The minimum Gasteiger partial charge on any atom is -0.192 e. The minimum absolute atomic E-state index is 0.285. The number of nitriles is 2. The molecule has 0 aromatic heterocycles. The normalized spacial score (nSPS) is 9.68. The Morgan fingerprint density at radius 1 is 0.895 bits per heavy atom. The molecule has 0 radical (unpaired) electrons. The van der Waals surface area contributed by atoms with Gasteiger partial charge >= 0.3 is 0 Å². The number of hydrogen-bond donors (Lipinski definition) is 0. The predicted octanol–water partition coefficient (Wildman–Crippen LogP) is 4.89. The van der Waals surface area contributed by atoms with E-state index in [2.05, 4.69) is 0 Å². The first-order valence-electron chi connectivity index (χ1n) is 5.21. The van der Waals surface area contributed by atoms with Gasteiger partial charge in [-0.2, -0.15) is 10.5 Å². The van der Waals surface area contributed by atoms with Gasteiger partial charge in [-0.1, -0.05) is 35.0 Å². The smallest absolute Gasteiger partial charge is 0.101 e. The molecule has 0 fully saturated rings. The highest BCUT2D eigenvalue weighted by Gasteiger charge is 2.09. The maximum atomic E-state index is 9.00. The summed E-state index contributed by atoms with van der Waals surface area (Å²) in [6.45, 7) is 0. The number of hydrogen-bond acceptors (Lipinski definition) is 3. The minimum atomic E-state index is 0.285. The summed E-state index contributed by atoms with van der Waals surface area (Å²) in [5.74, 6) is 0. The second-order valence-corrected chi connectivity index (χ2v) is 5.57. The molecule has 0 bridgehead atoms. The third kappa shape index (κ3) is 3.22. The SMILES string of the molecule is N#Cc1cc(Cl)c(Sc2ccc(Cl)cc2)cc1C#N. The van der Waals surface area contributed by atoms with E-state index in [1.807, 2.05) is 24.3 Å². The van der Waals surface area contributed by atoms with Crippen LogP contribution >= 0.6 is 35.0 Å². The van der Waals surface area contributed by atoms with Gasteiger partial charge in [0.2, 0.25) is 0 Å². The summed E-state index contributed by atoms with van der Waals surface area (Å²) < 4.78 is 0. The van der Waals surface area contributed by atoms with Crippen molar-refractivity contribution in [3.63, 3.8) is 0 Å². The molecule has 0 spiro atoms. The lowest BCUT2D eigenvalue weighted by Crippen LogP contribution is -1.86. The van der Waals surface area contributed by atoms with E-state index in [4.69, 9.17) is 33.7 Å². The third-order valence-corrected chi connectivity index (χ3v) is 4.10. The van der Waals surface area contributed by atoms with E-state index < -0.39 is 0 Å². The van der Waals surface area contributed by atoms with Gasteiger partial charge in [0.1, 0.15) is 12.1 Å². The molecule has 2 nitrogen and oxygen atoms in total. The van der Waals surface area contributed by atoms with Gasteiger partial charge in [-0.15, -0.1) is 0 Å². The van der Waals surface area contributed by atoms with E-state index in [0.29, 0.717) is 15.6 Å². The van der Waals surface area contributed by atoms with Crippen molar-refractivity contribution < 1.29 is 0 Å². The van der Waals surface area contributed by atoms with Crippen molar-refractivity contribution >= 4 is 35.0 Å². The van der Waals surface area contributed by atoms with Crippen molar-refractivity contribution in [2.24, 2.45) is 0 Å². The zero-order valence-corrected chi connectivity index (χ0v) is 11.9. The van der Waals surface area contributed by atoms with Crippen LogP contribution in [-0.4, -0.2) is 0 Å². The Bertz CT molecular complexity index is 697. The third-order valence-electron chi connectivity index (χ3n) is 2.35. The molecule has 0 aliphatic heterocycles. The van der Waals surface area contributed by atoms with Crippen LogP contribution in [0.1, 0.15) is 11.1 Å². The molecule has 19 heavy (non-hydrogen) atoms. The lowest BCUT2D eigenvalue weighted by Gasteiger charge is -2.06. The van der Waals surface area contributed by atoms with Crippen LogP contribution in [0.5, 0.6) is 0 Å². The fraction of sp³-hybridized carbons (Fsp3) is 0. The highest BCUT2D eigenvalue weighted by molar-refractivity contribution is 7.99. The maximum absolute atomic E-state index is 9.00. The molecule has 0 saturated carbocycles. The summed E-state index contributed by atoms with van der Waals surface area (Å²) in [5, 5.41) is 19.0. The van der Waals surface area contributed by atoms with Gasteiger partial charge in [0.15, 0.2) is 0 Å². The average molecular weight is 305 g/mol. The topological polar surface area (TPSA) is 47.6 Å². The van der Waals surface area contributed by atoms with Gasteiger partial charge in [-0.05, 0) is 36.4 Å². The van der Waals surface area contributed by atoms with Crippen molar-refractivity contribution in [2.45, 2.75) is 9.79 Å². The molecule has 0 saturated heterocycles. The molecule has 0 aliphatic carbocycles. The van der Waals surface area contributed by atoms with Crippen LogP contribution in [0.25, 0.3) is 0 Å². The number of nitrogens with zero attached hydrogens (tertiary/aromatic N) is 2. The van der Waals surface area contributed by atoms with Crippen LogP contribution in [0.15, 0.2) is 46.2 Å². The Morgan fingerprint density at radius 2 is 1.47 bits per heavy atom. The van der Waals surface area contributed by atoms with E-state index in [1.165, 1.54) is 17.8 Å². The Morgan fingerprint density at radius 3 is 2.05 bits per heavy atom. The van der Waals surface area contributed by atoms with Crippen molar-refractivity contribution in [1.82, 2.24) is 0 Å².